The number of benzene rings is 1. The Morgan fingerprint density at radius 1 is 1.39 bits per heavy atom. The van der Waals surface area contributed by atoms with Crippen molar-refractivity contribution in [3.63, 3.8) is 0 Å². The monoisotopic (exact) mass is 267 g/mol. The lowest BCUT2D eigenvalue weighted by molar-refractivity contribution is -0.136. The van der Waals surface area contributed by atoms with Gasteiger partial charge >= 0.3 is 5.97 Å². The van der Waals surface area contributed by atoms with Gasteiger partial charge in [0.05, 0.1) is 12.7 Å². The molecule has 0 aliphatic rings. The number of hydrogen-bond donors (Lipinski definition) is 1. The van der Waals surface area contributed by atoms with E-state index in [2.05, 4.69) is 5.32 Å². The minimum absolute atomic E-state index is 0.309. The molecule has 1 aromatic carbocycles. The zero-order chi connectivity index (χ0) is 13.5. The Bertz CT molecular complexity index is 424. The zero-order valence-corrected chi connectivity index (χ0v) is 11.6. The van der Waals surface area contributed by atoms with Crippen molar-refractivity contribution in [3.8, 4) is 0 Å². The third-order valence-electron chi connectivity index (χ3n) is 2.36. The van der Waals surface area contributed by atoms with Crippen LogP contribution in [0.3, 0.4) is 0 Å². The quantitative estimate of drug-likeness (QED) is 0.659. The summed E-state index contributed by atoms with van der Waals surface area (Å²) in [5.74, 6) is -0.321. The number of nitrogens with one attached hydrogen (secondary N) is 1. The van der Waals surface area contributed by atoms with E-state index in [4.69, 9.17) is 16.3 Å². The lowest BCUT2D eigenvalue weighted by Crippen LogP contribution is -2.27. The van der Waals surface area contributed by atoms with E-state index in [1.165, 1.54) is 7.11 Å². The van der Waals surface area contributed by atoms with Crippen LogP contribution in [0, 0.1) is 0 Å². The van der Waals surface area contributed by atoms with Gasteiger partial charge in [-0.25, -0.2) is 4.79 Å². The summed E-state index contributed by atoms with van der Waals surface area (Å²) in [5.41, 5.74) is 1.51. The molecule has 0 amide bonds. The number of halogens is 1. The molecule has 0 aliphatic carbocycles. The Kier molecular flexibility index (Phi) is 5.89. The highest BCUT2D eigenvalue weighted by molar-refractivity contribution is 6.30. The molecular formula is C14H18ClNO2. The van der Waals surface area contributed by atoms with Gasteiger partial charge < -0.3 is 10.1 Å². The normalized spacial score (nSPS) is 11.7. The molecular weight excluding hydrogens is 250 g/mol. The Morgan fingerprint density at radius 3 is 2.50 bits per heavy atom. The van der Waals surface area contributed by atoms with Crippen molar-refractivity contribution in [2.75, 3.05) is 13.7 Å². The maximum atomic E-state index is 11.6. The molecule has 3 nitrogen and oxygen atoms in total. The van der Waals surface area contributed by atoms with Crippen molar-refractivity contribution in [3.05, 3.63) is 40.4 Å². The molecule has 0 fully saturated rings. The van der Waals surface area contributed by atoms with Crippen molar-refractivity contribution >= 4 is 23.6 Å². The summed E-state index contributed by atoms with van der Waals surface area (Å²) in [4.78, 5) is 11.6. The van der Waals surface area contributed by atoms with Crippen LogP contribution in [0.5, 0.6) is 0 Å². The number of esters is 1. The van der Waals surface area contributed by atoms with Gasteiger partial charge in [0.2, 0.25) is 0 Å². The molecule has 18 heavy (non-hydrogen) atoms. The first kappa shape index (κ1) is 14.7. The average molecular weight is 268 g/mol. The third kappa shape index (κ3) is 4.90. The average Bonchev–Trinajstić information content (AvgIpc) is 2.35. The van der Waals surface area contributed by atoms with E-state index in [1.807, 2.05) is 26.0 Å². The topological polar surface area (TPSA) is 38.3 Å². The molecule has 1 N–H and O–H groups in total. The molecule has 0 spiro atoms. The van der Waals surface area contributed by atoms with Crippen molar-refractivity contribution in [2.45, 2.75) is 19.9 Å². The summed E-state index contributed by atoms with van der Waals surface area (Å²) in [6.07, 6.45) is 1.80. The van der Waals surface area contributed by atoms with Crippen molar-refractivity contribution in [2.24, 2.45) is 0 Å². The van der Waals surface area contributed by atoms with Crippen LogP contribution in [0.4, 0.5) is 0 Å². The number of hydrogen-bond acceptors (Lipinski definition) is 3. The number of carbonyl (C=O) groups excluding carboxylic acids is 1. The summed E-state index contributed by atoms with van der Waals surface area (Å²) in [6.45, 7) is 4.53. The molecule has 0 saturated carbocycles. The van der Waals surface area contributed by atoms with Gasteiger partial charge in [0.1, 0.15) is 0 Å². The fourth-order valence-corrected chi connectivity index (χ4v) is 1.51. The Morgan fingerprint density at radius 2 is 2.00 bits per heavy atom. The molecule has 0 saturated heterocycles. The van der Waals surface area contributed by atoms with Crippen LogP contribution in [0.25, 0.3) is 6.08 Å². The maximum Gasteiger partial charge on any atom is 0.335 e. The van der Waals surface area contributed by atoms with Crippen LogP contribution in [0.15, 0.2) is 29.8 Å². The van der Waals surface area contributed by atoms with Gasteiger partial charge in [-0.15, -0.1) is 0 Å². The molecule has 98 valence electrons. The second kappa shape index (κ2) is 7.19. The maximum absolute atomic E-state index is 11.6. The molecule has 0 heterocycles. The third-order valence-corrected chi connectivity index (χ3v) is 2.61. The summed E-state index contributed by atoms with van der Waals surface area (Å²) in [5, 5.41) is 3.87. The Balaban J connectivity index is 2.87. The summed E-state index contributed by atoms with van der Waals surface area (Å²) in [7, 11) is 1.38. The van der Waals surface area contributed by atoms with Crippen LogP contribution < -0.4 is 5.32 Å². The lowest BCUT2D eigenvalue weighted by Gasteiger charge is -2.10. The summed E-state index contributed by atoms with van der Waals surface area (Å²) >= 11 is 5.82. The molecule has 4 heteroatoms. The van der Waals surface area contributed by atoms with Crippen LogP contribution in [0.2, 0.25) is 5.02 Å². The van der Waals surface area contributed by atoms with Crippen LogP contribution >= 0.6 is 11.6 Å². The standard InChI is InChI=1S/C14H18ClNO2/c1-10(2)16-9-12(14(17)18-3)8-11-4-6-13(15)7-5-11/h4-8,10,16H,9H2,1-3H3/b12-8+. The van der Waals surface area contributed by atoms with Crippen molar-refractivity contribution in [1.29, 1.82) is 0 Å². The van der Waals surface area contributed by atoms with Gasteiger partial charge in [0.15, 0.2) is 0 Å². The largest absolute Gasteiger partial charge is 0.466 e. The van der Waals surface area contributed by atoms with Crippen molar-refractivity contribution < 1.29 is 9.53 Å². The van der Waals surface area contributed by atoms with E-state index in [9.17, 15) is 4.79 Å². The SMILES string of the molecule is COC(=O)/C(=C/c1ccc(Cl)cc1)CNC(C)C. The molecule has 0 radical (unpaired) electrons. The van der Waals surface area contributed by atoms with Gasteiger partial charge in [-0.05, 0) is 23.8 Å². The van der Waals surface area contributed by atoms with E-state index < -0.39 is 0 Å². The molecule has 0 atom stereocenters. The highest BCUT2D eigenvalue weighted by atomic mass is 35.5. The molecule has 1 aromatic rings. The number of ether oxygens (including phenoxy) is 1. The number of methoxy groups -OCH3 is 1. The summed E-state index contributed by atoms with van der Waals surface area (Å²) < 4.78 is 4.77. The van der Waals surface area contributed by atoms with Gasteiger partial charge in [-0.2, -0.15) is 0 Å². The molecule has 1 rings (SSSR count). The van der Waals surface area contributed by atoms with Gasteiger partial charge in [0.25, 0.3) is 0 Å². The highest BCUT2D eigenvalue weighted by Crippen LogP contribution is 2.13. The number of rotatable bonds is 5. The lowest BCUT2D eigenvalue weighted by atomic mass is 10.1. The minimum atomic E-state index is -0.321. The van der Waals surface area contributed by atoms with E-state index in [1.54, 1.807) is 18.2 Å². The van der Waals surface area contributed by atoms with Crippen LogP contribution in [0.1, 0.15) is 19.4 Å². The first-order valence-electron chi connectivity index (χ1n) is 5.80. The Hall–Kier alpha value is -1.32. The second-order valence-corrected chi connectivity index (χ2v) is 4.68. The predicted molar refractivity (Wildman–Crippen MR) is 74.6 cm³/mol. The molecule has 0 unspecified atom stereocenters. The van der Waals surface area contributed by atoms with Gasteiger partial charge in [-0.3, -0.25) is 0 Å². The first-order valence-corrected chi connectivity index (χ1v) is 6.18. The molecule has 0 aromatic heterocycles. The minimum Gasteiger partial charge on any atom is -0.466 e. The van der Waals surface area contributed by atoms with Crippen molar-refractivity contribution in [1.82, 2.24) is 5.32 Å². The smallest absolute Gasteiger partial charge is 0.335 e. The molecule has 0 bridgehead atoms. The van der Waals surface area contributed by atoms with E-state index in [0.717, 1.165) is 5.56 Å². The van der Waals surface area contributed by atoms with E-state index in [-0.39, 0.29) is 5.97 Å². The zero-order valence-electron chi connectivity index (χ0n) is 10.9. The fraction of sp³-hybridized carbons (Fsp3) is 0.357. The van der Waals surface area contributed by atoms with Crippen LogP contribution in [-0.4, -0.2) is 25.7 Å². The van der Waals surface area contributed by atoms with Gasteiger partial charge in [0, 0.05) is 17.6 Å². The predicted octanol–water partition coefficient (Wildman–Crippen LogP) is 2.89. The molecule has 0 aliphatic heterocycles. The Labute approximate surface area is 113 Å². The highest BCUT2D eigenvalue weighted by Gasteiger charge is 2.09. The number of carbonyl (C=O) groups is 1. The van der Waals surface area contributed by atoms with E-state index >= 15 is 0 Å². The summed E-state index contributed by atoms with van der Waals surface area (Å²) in [6, 6.07) is 7.61. The van der Waals surface area contributed by atoms with Crippen LogP contribution in [-0.2, 0) is 9.53 Å². The van der Waals surface area contributed by atoms with Gasteiger partial charge in [-0.1, -0.05) is 37.6 Å². The fourth-order valence-electron chi connectivity index (χ4n) is 1.39. The first-order chi connectivity index (χ1) is 8.52. The second-order valence-electron chi connectivity index (χ2n) is 4.25. The van der Waals surface area contributed by atoms with E-state index in [0.29, 0.717) is 23.2 Å².